The van der Waals surface area contributed by atoms with Gasteiger partial charge in [-0.25, -0.2) is 0 Å². The van der Waals surface area contributed by atoms with E-state index in [9.17, 15) is 45.3 Å². The third kappa shape index (κ3) is 29.6. The van der Waals surface area contributed by atoms with Crippen LogP contribution in [0, 0.1) is 0 Å². The molecule has 15 heteroatoms. The fraction of sp³-hybridized carbons (Fsp3) is 0.891. The smallest absolute Gasteiger partial charge is 0.306 e. The lowest BCUT2D eigenvalue weighted by Crippen LogP contribution is -2.61. The number of hydrogen-bond donors (Lipinski definition) is 7. The highest BCUT2D eigenvalue weighted by molar-refractivity contribution is 5.70. The average molecular weight is 1000 g/mol. The molecule has 2 rings (SSSR count). The minimum absolute atomic E-state index is 0.0622. The van der Waals surface area contributed by atoms with Crippen LogP contribution in [0.5, 0.6) is 0 Å². The van der Waals surface area contributed by atoms with Gasteiger partial charge < -0.3 is 64.2 Å². The molecule has 410 valence electrons. The quantitative estimate of drug-likeness (QED) is 0.0172. The lowest BCUT2D eigenvalue weighted by molar-refractivity contribution is -0.332. The van der Waals surface area contributed by atoms with Crippen molar-refractivity contribution in [2.75, 3.05) is 26.4 Å². The number of unbranched alkanes of at least 4 members (excludes halogenated alkanes) is 26. The van der Waals surface area contributed by atoms with Crippen LogP contribution in [0.25, 0.3) is 0 Å². The molecule has 2 saturated heterocycles. The molecule has 2 aliphatic heterocycles. The first-order chi connectivity index (χ1) is 34.0. The Labute approximate surface area is 422 Å². The van der Waals surface area contributed by atoms with Crippen LogP contribution >= 0.6 is 0 Å². The van der Waals surface area contributed by atoms with E-state index in [1.54, 1.807) is 0 Å². The molecule has 0 spiro atoms. The van der Waals surface area contributed by atoms with Gasteiger partial charge in [0.15, 0.2) is 18.7 Å². The van der Waals surface area contributed by atoms with Crippen molar-refractivity contribution in [2.24, 2.45) is 0 Å². The maximum Gasteiger partial charge on any atom is 0.306 e. The van der Waals surface area contributed by atoms with Crippen LogP contribution in [0.4, 0.5) is 0 Å². The summed E-state index contributed by atoms with van der Waals surface area (Å²) in [4.78, 5) is 25.8. The SMILES string of the molecule is CCCCCCCC/C=C/C/C=C/CCC(=O)OC(COC(=O)CCCCCCCCCCCCCCCCCCCCCCC)CO[C@@H]1O[C@H](CO[C@@H]2O[C@H](CO)[C@H](O)C(O)C2O)[C@H](O)C(O)C1O. The topological polar surface area (TPSA) is 231 Å². The Morgan fingerprint density at radius 1 is 0.457 bits per heavy atom. The Hall–Kier alpha value is -2.02. The van der Waals surface area contributed by atoms with E-state index in [4.69, 9.17) is 28.4 Å². The zero-order valence-electron chi connectivity index (χ0n) is 43.5. The summed E-state index contributed by atoms with van der Waals surface area (Å²) in [5, 5.41) is 72.1. The largest absolute Gasteiger partial charge is 0.462 e. The van der Waals surface area contributed by atoms with E-state index < -0.39 is 99.3 Å². The molecule has 2 aliphatic rings. The van der Waals surface area contributed by atoms with Crippen LogP contribution < -0.4 is 0 Å². The second-order valence-corrected chi connectivity index (χ2v) is 19.8. The van der Waals surface area contributed by atoms with Gasteiger partial charge in [0.25, 0.3) is 0 Å². The van der Waals surface area contributed by atoms with E-state index >= 15 is 0 Å². The monoisotopic (exact) mass is 1000 g/mol. The van der Waals surface area contributed by atoms with Gasteiger partial charge in [-0.1, -0.05) is 199 Å². The molecule has 11 atom stereocenters. The van der Waals surface area contributed by atoms with Crippen LogP contribution in [0.2, 0.25) is 0 Å². The molecular formula is C55H100O15. The number of rotatable bonds is 44. The van der Waals surface area contributed by atoms with Crippen molar-refractivity contribution in [2.45, 2.75) is 287 Å². The summed E-state index contributed by atoms with van der Waals surface area (Å²) in [6.45, 7) is 2.55. The molecule has 0 aromatic rings. The van der Waals surface area contributed by atoms with Gasteiger partial charge in [0.05, 0.1) is 19.8 Å². The van der Waals surface area contributed by atoms with Crippen molar-refractivity contribution >= 4 is 11.9 Å². The minimum atomic E-state index is -1.77. The molecule has 0 bridgehead atoms. The van der Waals surface area contributed by atoms with E-state index in [0.717, 1.165) is 32.1 Å². The summed E-state index contributed by atoms with van der Waals surface area (Å²) in [7, 11) is 0. The summed E-state index contributed by atoms with van der Waals surface area (Å²) in [6, 6.07) is 0. The molecule has 0 aromatic carbocycles. The standard InChI is InChI=1S/C55H100O15/c1-3-5-7-9-11-13-15-17-18-19-20-21-22-23-24-26-27-29-31-33-35-37-46(57)65-40-43(68-47(58)38-36-34-32-30-28-25-16-14-12-10-8-6-4-2)41-66-54-53(64)51(62)49(60)45(70-54)42-67-55-52(63)50(61)48(59)44(39-56)69-55/h25,28,32,34,43-45,48-56,59-64H,3-24,26-27,29-31,33,35-42H2,1-2H3/b28-25+,34-32+/t43?,44-,45-,48+,49+,50?,51?,52?,53?,54-,55-/m1/s1. The summed E-state index contributed by atoms with van der Waals surface area (Å²) < 4.78 is 33.5. The van der Waals surface area contributed by atoms with Gasteiger partial charge in [-0.15, -0.1) is 0 Å². The second kappa shape index (κ2) is 42.3. The van der Waals surface area contributed by atoms with E-state index in [-0.39, 0.29) is 19.4 Å². The number of allylic oxidation sites excluding steroid dienone is 4. The summed E-state index contributed by atoms with van der Waals surface area (Å²) in [6.07, 6.45) is 28.0. The molecular weight excluding hydrogens is 901 g/mol. The predicted molar refractivity (Wildman–Crippen MR) is 271 cm³/mol. The lowest BCUT2D eigenvalue weighted by atomic mass is 9.98. The van der Waals surface area contributed by atoms with E-state index in [2.05, 4.69) is 26.0 Å². The number of esters is 2. The van der Waals surface area contributed by atoms with Crippen LogP contribution in [0.1, 0.15) is 219 Å². The number of ether oxygens (including phenoxy) is 6. The predicted octanol–water partition coefficient (Wildman–Crippen LogP) is 8.72. The second-order valence-electron chi connectivity index (χ2n) is 19.8. The van der Waals surface area contributed by atoms with Crippen LogP contribution in [0.3, 0.4) is 0 Å². The molecule has 2 heterocycles. The van der Waals surface area contributed by atoms with Gasteiger partial charge in [-0.2, -0.15) is 0 Å². The molecule has 7 N–H and O–H groups in total. The van der Waals surface area contributed by atoms with Crippen molar-refractivity contribution in [1.29, 1.82) is 0 Å². The third-order valence-electron chi connectivity index (χ3n) is 13.4. The van der Waals surface area contributed by atoms with Crippen LogP contribution in [-0.4, -0.2) is 142 Å². The highest BCUT2D eigenvalue weighted by Crippen LogP contribution is 2.27. The number of aliphatic hydroxyl groups is 7. The third-order valence-corrected chi connectivity index (χ3v) is 13.4. The highest BCUT2D eigenvalue weighted by Gasteiger charge is 2.47. The number of aliphatic hydroxyl groups excluding tert-OH is 7. The number of carbonyl (C=O) groups excluding carboxylic acids is 2. The van der Waals surface area contributed by atoms with Crippen LogP contribution in [-0.2, 0) is 38.0 Å². The average Bonchev–Trinajstić information content (AvgIpc) is 3.35. The first-order valence-corrected chi connectivity index (χ1v) is 27.9. The molecule has 0 radical (unpaired) electrons. The van der Waals surface area contributed by atoms with Crippen molar-refractivity contribution in [1.82, 2.24) is 0 Å². The lowest BCUT2D eigenvalue weighted by Gasteiger charge is -2.42. The molecule has 15 nitrogen and oxygen atoms in total. The summed E-state index contributed by atoms with van der Waals surface area (Å²) >= 11 is 0. The van der Waals surface area contributed by atoms with Crippen molar-refractivity contribution in [3.8, 4) is 0 Å². The van der Waals surface area contributed by atoms with E-state index in [0.29, 0.717) is 12.8 Å². The number of carbonyl (C=O) groups is 2. The molecule has 70 heavy (non-hydrogen) atoms. The maximum absolute atomic E-state index is 13.0. The van der Waals surface area contributed by atoms with Crippen molar-refractivity contribution in [3.63, 3.8) is 0 Å². The van der Waals surface area contributed by atoms with Crippen molar-refractivity contribution in [3.05, 3.63) is 24.3 Å². The highest BCUT2D eigenvalue weighted by atomic mass is 16.7. The van der Waals surface area contributed by atoms with Gasteiger partial charge in [0, 0.05) is 12.8 Å². The Balaban J connectivity index is 1.75. The molecule has 0 saturated carbocycles. The van der Waals surface area contributed by atoms with Gasteiger partial charge >= 0.3 is 11.9 Å². The van der Waals surface area contributed by atoms with Gasteiger partial charge in [-0.05, 0) is 32.1 Å². The molecule has 0 aromatic heterocycles. The normalized spacial score (nSPS) is 25.5. The summed E-state index contributed by atoms with van der Waals surface area (Å²) in [5.74, 6) is -0.993. The Morgan fingerprint density at radius 3 is 1.39 bits per heavy atom. The van der Waals surface area contributed by atoms with Gasteiger partial charge in [0.1, 0.15) is 55.4 Å². The maximum atomic E-state index is 13.0. The minimum Gasteiger partial charge on any atom is -0.462 e. The molecule has 5 unspecified atom stereocenters. The van der Waals surface area contributed by atoms with Gasteiger partial charge in [0.2, 0.25) is 0 Å². The Bertz CT molecular complexity index is 1310. The molecule has 0 aliphatic carbocycles. The van der Waals surface area contributed by atoms with Crippen LogP contribution in [0.15, 0.2) is 24.3 Å². The van der Waals surface area contributed by atoms with Gasteiger partial charge in [-0.3, -0.25) is 9.59 Å². The Kier molecular flexibility index (Phi) is 38.8. The fourth-order valence-electron chi connectivity index (χ4n) is 8.86. The fourth-order valence-corrected chi connectivity index (χ4v) is 8.86. The first kappa shape index (κ1) is 64.1. The van der Waals surface area contributed by atoms with Crippen molar-refractivity contribution < 1.29 is 73.8 Å². The number of hydrogen-bond acceptors (Lipinski definition) is 15. The van der Waals surface area contributed by atoms with E-state index in [1.807, 2.05) is 12.2 Å². The zero-order valence-corrected chi connectivity index (χ0v) is 43.5. The molecule has 2 fully saturated rings. The summed E-state index contributed by atoms with van der Waals surface area (Å²) in [5.41, 5.74) is 0. The van der Waals surface area contributed by atoms with E-state index in [1.165, 1.54) is 148 Å². The Morgan fingerprint density at radius 2 is 0.886 bits per heavy atom. The molecule has 0 amide bonds. The first-order valence-electron chi connectivity index (χ1n) is 27.9. The zero-order chi connectivity index (χ0) is 51.0.